The number of likely N-dealkylation sites (tertiary alicyclic amines) is 1. The Morgan fingerprint density at radius 1 is 1.16 bits per heavy atom. The van der Waals surface area contributed by atoms with Crippen LogP contribution in [0.4, 0.5) is 0 Å². The standard InChI is InChI=1S/C24H29N3O4S/c1-16-13-25-24(32-15-19-5-3-9-29-19)26-22(16)18-4-2-8-27(14-18)23(28)17-6-7-20-21(12-17)31-11-10-30-20/h6-7,12-13,18-19H,2-5,8-11,14-15H2,1H3/t18-,19-/m0/s1. The first-order chi connectivity index (χ1) is 15.7. The van der Waals surface area contributed by atoms with Crippen LogP contribution in [0.25, 0.3) is 0 Å². The number of thioether (sulfide) groups is 1. The van der Waals surface area contributed by atoms with E-state index in [1.54, 1.807) is 17.8 Å². The number of aryl methyl sites for hydroxylation is 1. The molecule has 2 atom stereocenters. The molecule has 0 unspecified atom stereocenters. The molecule has 170 valence electrons. The molecule has 32 heavy (non-hydrogen) atoms. The van der Waals surface area contributed by atoms with Crippen LogP contribution in [0, 0.1) is 6.92 Å². The number of ether oxygens (including phenoxy) is 3. The van der Waals surface area contributed by atoms with Crippen LogP contribution in [-0.2, 0) is 4.74 Å². The first-order valence-electron chi connectivity index (χ1n) is 11.4. The molecule has 3 aliphatic rings. The van der Waals surface area contributed by atoms with Gasteiger partial charge in [0.05, 0.1) is 11.8 Å². The summed E-state index contributed by atoms with van der Waals surface area (Å²) in [6.45, 7) is 5.40. The quantitative estimate of drug-likeness (QED) is 0.501. The highest BCUT2D eigenvalue weighted by molar-refractivity contribution is 7.99. The van der Waals surface area contributed by atoms with Crippen molar-refractivity contribution in [2.45, 2.75) is 49.8 Å². The highest BCUT2D eigenvalue weighted by Gasteiger charge is 2.28. The summed E-state index contributed by atoms with van der Waals surface area (Å²) >= 11 is 1.67. The Kier molecular flexibility index (Phi) is 6.50. The lowest BCUT2D eigenvalue weighted by atomic mass is 9.92. The molecule has 2 aromatic rings. The average molecular weight is 456 g/mol. The van der Waals surface area contributed by atoms with E-state index in [0.717, 1.165) is 61.0 Å². The lowest BCUT2D eigenvalue weighted by Gasteiger charge is -2.33. The van der Waals surface area contributed by atoms with Gasteiger partial charge in [-0.1, -0.05) is 11.8 Å². The molecule has 8 heteroatoms. The van der Waals surface area contributed by atoms with E-state index in [4.69, 9.17) is 19.2 Å². The second-order valence-corrected chi connectivity index (χ2v) is 9.60. The van der Waals surface area contributed by atoms with Gasteiger partial charge in [0.15, 0.2) is 16.7 Å². The third-order valence-electron chi connectivity index (χ3n) is 6.30. The van der Waals surface area contributed by atoms with Crippen molar-refractivity contribution in [2.75, 3.05) is 38.7 Å². The Bertz CT molecular complexity index is 980. The number of hydrogen-bond donors (Lipinski definition) is 0. The molecule has 0 N–H and O–H groups in total. The van der Waals surface area contributed by atoms with Crippen LogP contribution in [0.2, 0.25) is 0 Å². The normalized spacial score (nSPS) is 22.7. The number of hydrogen-bond acceptors (Lipinski definition) is 7. The Labute approximate surface area is 192 Å². The minimum Gasteiger partial charge on any atom is -0.486 e. The Hall–Kier alpha value is -2.32. The number of amides is 1. The highest BCUT2D eigenvalue weighted by atomic mass is 32.2. The number of fused-ring (bicyclic) bond motifs is 1. The first kappa shape index (κ1) is 21.5. The van der Waals surface area contributed by atoms with Gasteiger partial charge in [-0.15, -0.1) is 0 Å². The summed E-state index contributed by atoms with van der Waals surface area (Å²) in [5.41, 5.74) is 2.79. The summed E-state index contributed by atoms with van der Waals surface area (Å²) in [6.07, 6.45) is 6.47. The van der Waals surface area contributed by atoms with E-state index in [-0.39, 0.29) is 11.8 Å². The van der Waals surface area contributed by atoms with E-state index >= 15 is 0 Å². The smallest absolute Gasteiger partial charge is 0.254 e. The van der Waals surface area contributed by atoms with Gasteiger partial charge >= 0.3 is 0 Å². The average Bonchev–Trinajstić information content (AvgIpc) is 3.36. The third-order valence-corrected chi connectivity index (χ3v) is 7.29. The van der Waals surface area contributed by atoms with Crippen LogP contribution < -0.4 is 9.47 Å². The molecule has 0 aliphatic carbocycles. The summed E-state index contributed by atoms with van der Waals surface area (Å²) < 4.78 is 17.0. The van der Waals surface area contributed by atoms with Crippen LogP contribution in [0.3, 0.4) is 0 Å². The second kappa shape index (κ2) is 9.67. The van der Waals surface area contributed by atoms with Gasteiger partial charge in [0.25, 0.3) is 5.91 Å². The van der Waals surface area contributed by atoms with Crippen molar-refractivity contribution in [1.29, 1.82) is 0 Å². The van der Waals surface area contributed by atoms with Crippen LogP contribution in [0.5, 0.6) is 11.5 Å². The first-order valence-corrected chi connectivity index (χ1v) is 12.4. The molecular formula is C24H29N3O4S. The fraction of sp³-hybridized carbons (Fsp3) is 0.542. The largest absolute Gasteiger partial charge is 0.486 e. The van der Waals surface area contributed by atoms with E-state index in [9.17, 15) is 4.79 Å². The second-order valence-electron chi connectivity index (χ2n) is 8.62. The van der Waals surface area contributed by atoms with Gasteiger partial charge in [-0.3, -0.25) is 4.79 Å². The highest BCUT2D eigenvalue weighted by Crippen LogP contribution is 2.33. The molecular weight excluding hydrogens is 426 g/mol. The fourth-order valence-corrected chi connectivity index (χ4v) is 5.50. The third kappa shape index (κ3) is 4.71. The number of carbonyl (C=O) groups is 1. The minimum absolute atomic E-state index is 0.0337. The van der Waals surface area contributed by atoms with Crippen LogP contribution >= 0.6 is 11.8 Å². The van der Waals surface area contributed by atoms with Gasteiger partial charge in [-0.2, -0.15) is 0 Å². The predicted molar refractivity (Wildman–Crippen MR) is 122 cm³/mol. The molecule has 0 spiro atoms. The zero-order valence-electron chi connectivity index (χ0n) is 18.4. The molecule has 0 bridgehead atoms. The van der Waals surface area contributed by atoms with Gasteiger partial charge in [0, 0.05) is 43.1 Å². The summed E-state index contributed by atoms with van der Waals surface area (Å²) in [7, 11) is 0. The van der Waals surface area contributed by atoms with Crippen molar-refractivity contribution in [2.24, 2.45) is 0 Å². The Morgan fingerprint density at radius 2 is 2.03 bits per heavy atom. The fourth-order valence-electron chi connectivity index (χ4n) is 4.61. The molecule has 0 radical (unpaired) electrons. The van der Waals surface area contributed by atoms with E-state index in [2.05, 4.69) is 11.9 Å². The van der Waals surface area contributed by atoms with E-state index < -0.39 is 0 Å². The van der Waals surface area contributed by atoms with E-state index in [0.29, 0.717) is 42.9 Å². The van der Waals surface area contributed by atoms with Crippen molar-refractivity contribution < 1.29 is 19.0 Å². The molecule has 1 amide bonds. The van der Waals surface area contributed by atoms with Gasteiger partial charge in [-0.05, 0) is 56.4 Å². The number of nitrogens with zero attached hydrogens (tertiary/aromatic N) is 3. The minimum atomic E-state index is 0.0337. The maximum absolute atomic E-state index is 13.2. The van der Waals surface area contributed by atoms with E-state index in [1.165, 1.54) is 0 Å². The zero-order chi connectivity index (χ0) is 21.9. The number of aromatic nitrogens is 2. The SMILES string of the molecule is Cc1cnc(SC[C@@H]2CCCO2)nc1[C@H]1CCCN(C(=O)c2ccc3c(c2)OCCO3)C1. The zero-order valence-corrected chi connectivity index (χ0v) is 19.2. The molecule has 7 nitrogen and oxygen atoms in total. The number of carbonyl (C=O) groups excluding carboxylic acids is 1. The van der Waals surface area contributed by atoms with Crippen molar-refractivity contribution in [3.05, 3.63) is 41.2 Å². The van der Waals surface area contributed by atoms with Crippen molar-refractivity contribution >= 4 is 17.7 Å². The monoisotopic (exact) mass is 455 g/mol. The summed E-state index contributed by atoms with van der Waals surface area (Å²) in [5.74, 6) is 2.49. The lowest BCUT2D eigenvalue weighted by Crippen LogP contribution is -2.39. The summed E-state index contributed by atoms with van der Waals surface area (Å²) in [6, 6.07) is 5.46. The molecule has 5 rings (SSSR count). The van der Waals surface area contributed by atoms with Crippen molar-refractivity contribution in [3.8, 4) is 11.5 Å². The molecule has 1 aromatic carbocycles. The Morgan fingerprint density at radius 3 is 2.88 bits per heavy atom. The maximum Gasteiger partial charge on any atom is 0.254 e. The van der Waals surface area contributed by atoms with Crippen LogP contribution in [0.15, 0.2) is 29.6 Å². The number of piperidine rings is 1. The molecule has 3 aliphatic heterocycles. The summed E-state index contributed by atoms with van der Waals surface area (Å²) in [5, 5.41) is 0.802. The molecule has 1 aromatic heterocycles. The van der Waals surface area contributed by atoms with Gasteiger partial charge < -0.3 is 19.1 Å². The van der Waals surface area contributed by atoms with Crippen LogP contribution in [-0.4, -0.2) is 65.5 Å². The predicted octanol–water partition coefficient (Wildman–Crippen LogP) is 3.85. The topological polar surface area (TPSA) is 73.8 Å². The van der Waals surface area contributed by atoms with Crippen LogP contribution in [0.1, 0.15) is 53.2 Å². The maximum atomic E-state index is 13.2. The van der Waals surface area contributed by atoms with Gasteiger partial charge in [0.2, 0.25) is 0 Å². The molecule has 0 saturated carbocycles. The molecule has 2 saturated heterocycles. The molecule has 2 fully saturated rings. The van der Waals surface area contributed by atoms with Crippen molar-refractivity contribution in [1.82, 2.24) is 14.9 Å². The van der Waals surface area contributed by atoms with E-state index in [1.807, 2.05) is 23.2 Å². The van der Waals surface area contributed by atoms with Gasteiger partial charge in [0.1, 0.15) is 13.2 Å². The molecule has 4 heterocycles. The number of benzene rings is 1. The summed E-state index contributed by atoms with van der Waals surface area (Å²) in [4.78, 5) is 24.6. The van der Waals surface area contributed by atoms with Crippen molar-refractivity contribution in [3.63, 3.8) is 0 Å². The lowest BCUT2D eigenvalue weighted by molar-refractivity contribution is 0.0704. The number of rotatable bonds is 5. The Balaban J connectivity index is 1.28. The van der Waals surface area contributed by atoms with Gasteiger partial charge in [-0.25, -0.2) is 9.97 Å².